The number of rotatable bonds is 5. The highest BCUT2D eigenvalue weighted by atomic mass is 32.2. The second-order valence-corrected chi connectivity index (χ2v) is 7.27. The molecule has 1 fully saturated rings. The molecule has 0 saturated carbocycles. The molecule has 1 atom stereocenters. The van der Waals surface area contributed by atoms with Gasteiger partial charge in [0.15, 0.2) is 0 Å². The summed E-state index contributed by atoms with van der Waals surface area (Å²) in [5.74, 6) is -0.326. The number of nitrogens with two attached hydrogens (primary N) is 1. The molecule has 0 aromatic heterocycles. The van der Waals surface area contributed by atoms with Crippen LogP contribution in [0.15, 0.2) is 24.3 Å². The first kappa shape index (κ1) is 16.4. The van der Waals surface area contributed by atoms with Crippen molar-refractivity contribution in [1.82, 2.24) is 4.90 Å². The van der Waals surface area contributed by atoms with E-state index in [4.69, 9.17) is 5.14 Å². The predicted molar refractivity (Wildman–Crippen MR) is 78.5 cm³/mol. The van der Waals surface area contributed by atoms with E-state index in [2.05, 4.69) is 0 Å². The van der Waals surface area contributed by atoms with Gasteiger partial charge in [0.25, 0.3) is 0 Å². The number of primary sulfonamides is 1. The highest BCUT2D eigenvalue weighted by molar-refractivity contribution is 7.89. The third kappa shape index (κ3) is 5.03. The Kier molecular flexibility index (Phi) is 5.32. The number of hydrogen-bond acceptors (Lipinski definition) is 4. The Hall–Kier alpha value is -1.02. The minimum Gasteiger partial charge on any atom is -0.387 e. The van der Waals surface area contributed by atoms with E-state index >= 15 is 0 Å². The van der Waals surface area contributed by atoms with Crippen LogP contribution in [0.1, 0.15) is 24.5 Å². The lowest BCUT2D eigenvalue weighted by Gasteiger charge is -2.32. The number of sulfonamides is 1. The van der Waals surface area contributed by atoms with Gasteiger partial charge in [0, 0.05) is 12.1 Å². The van der Waals surface area contributed by atoms with Crippen LogP contribution in [0.3, 0.4) is 0 Å². The van der Waals surface area contributed by atoms with Gasteiger partial charge in [-0.15, -0.1) is 0 Å². The normalized spacial score (nSPS) is 19.6. The van der Waals surface area contributed by atoms with E-state index in [0.29, 0.717) is 25.2 Å². The zero-order valence-corrected chi connectivity index (χ0v) is 12.6. The van der Waals surface area contributed by atoms with E-state index in [0.717, 1.165) is 12.8 Å². The van der Waals surface area contributed by atoms with Gasteiger partial charge >= 0.3 is 0 Å². The molecule has 21 heavy (non-hydrogen) atoms. The molecule has 0 radical (unpaired) electrons. The fraction of sp³-hybridized carbons (Fsp3) is 0.571. The van der Waals surface area contributed by atoms with Crippen molar-refractivity contribution in [3.63, 3.8) is 0 Å². The number of aliphatic hydroxyl groups is 1. The largest absolute Gasteiger partial charge is 0.387 e. The molecule has 3 N–H and O–H groups in total. The Morgan fingerprint density at radius 3 is 2.52 bits per heavy atom. The number of β-amino-alcohol motifs (C(OH)–C–C–N with tert-alkyl or cyclic N) is 1. The Labute approximate surface area is 124 Å². The van der Waals surface area contributed by atoms with Crippen molar-refractivity contribution in [2.75, 3.05) is 25.4 Å². The standard InChI is InChI=1S/C14H21FN2O3S/c15-13-4-2-1-3-12(13)14(18)9-17-7-5-11(6-8-17)10-21(16,19)20/h1-4,11,14,18H,5-10H2,(H2,16,19,20)/t14-/m0/s1. The molecule has 1 saturated heterocycles. The van der Waals surface area contributed by atoms with Gasteiger partial charge < -0.3 is 10.0 Å². The fourth-order valence-corrected chi connectivity index (χ4v) is 3.74. The lowest BCUT2D eigenvalue weighted by atomic mass is 9.98. The summed E-state index contributed by atoms with van der Waals surface area (Å²) in [6.07, 6.45) is 0.571. The van der Waals surface area contributed by atoms with E-state index in [-0.39, 0.29) is 11.7 Å². The molecule has 0 bridgehead atoms. The number of nitrogens with zero attached hydrogens (tertiary/aromatic N) is 1. The van der Waals surface area contributed by atoms with Crippen LogP contribution in [0.5, 0.6) is 0 Å². The second kappa shape index (κ2) is 6.83. The Morgan fingerprint density at radius 2 is 1.95 bits per heavy atom. The van der Waals surface area contributed by atoms with Gasteiger partial charge in [-0.3, -0.25) is 0 Å². The van der Waals surface area contributed by atoms with Crippen LogP contribution in [-0.4, -0.2) is 43.8 Å². The van der Waals surface area contributed by atoms with Crippen LogP contribution < -0.4 is 5.14 Å². The van der Waals surface area contributed by atoms with Gasteiger partial charge in [-0.2, -0.15) is 0 Å². The van der Waals surface area contributed by atoms with Gasteiger partial charge in [0.1, 0.15) is 5.82 Å². The van der Waals surface area contributed by atoms with Crippen LogP contribution in [-0.2, 0) is 10.0 Å². The van der Waals surface area contributed by atoms with Crippen molar-refractivity contribution in [3.05, 3.63) is 35.6 Å². The molecular weight excluding hydrogens is 295 g/mol. The van der Waals surface area contributed by atoms with E-state index in [1.54, 1.807) is 18.2 Å². The third-order valence-corrected chi connectivity index (χ3v) is 4.81. The second-order valence-electron chi connectivity index (χ2n) is 5.61. The molecule has 118 valence electrons. The lowest BCUT2D eigenvalue weighted by molar-refractivity contribution is 0.0896. The first-order valence-corrected chi connectivity index (χ1v) is 8.72. The summed E-state index contributed by atoms with van der Waals surface area (Å²) in [4.78, 5) is 2.02. The average Bonchev–Trinajstić information content (AvgIpc) is 2.40. The number of hydrogen-bond donors (Lipinski definition) is 2. The maximum atomic E-state index is 13.6. The fourth-order valence-electron chi connectivity index (χ4n) is 2.75. The minimum absolute atomic E-state index is 0.0106. The SMILES string of the molecule is NS(=O)(=O)CC1CCN(C[C@H](O)c2ccccc2F)CC1. The van der Waals surface area contributed by atoms with Gasteiger partial charge in [-0.1, -0.05) is 18.2 Å². The lowest BCUT2D eigenvalue weighted by Crippen LogP contribution is -2.39. The van der Waals surface area contributed by atoms with E-state index in [1.807, 2.05) is 4.90 Å². The van der Waals surface area contributed by atoms with Crippen LogP contribution in [0.2, 0.25) is 0 Å². The van der Waals surface area contributed by atoms with Crippen LogP contribution >= 0.6 is 0 Å². The van der Waals surface area contributed by atoms with Crippen LogP contribution in [0.4, 0.5) is 4.39 Å². The van der Waals surface area contributed by atoms with Crippen molar-refractivity contribution < 1.29 is 17.9 Å². The molecule has 0 aliphatic carbocycles. The highest BCUT2D eigenvalue weighted by Gasteiger charge is 2.24. The monoisotopic (exact) mass is 316 g/mol. The van der Waals surface area contributed by atoms with Crippen molar-refractivity contribution in [1.29, 1.82) is 0 Å². The molecular formula is C14H21FN2O3S. The number of likely N-dealkylation sites (tertiary alicyclic amines) is 1. The summed E-state index contributed by atoms with van der Waals surface area (Å²) in [5.41, 5.74) is 0.296. The van der Waals surface area contributed by atoms with Crippen molar-refractivity contribution in [2.45, 2.75) is 18.9 Å². The van der Waals surface area contributed by atoms with Crippen molar-refractivity contribution in [2.24, 2.45) is 11.1 Å². The maximum Gasteiger partial charge on any atom is 0.209 e. The Morgan fingerprint density at radius 1 is 1.33 bits per heavy atom. The van der Waals surface area contributed by atoms with E-state index in [9.17, 15) is 17.9 Å². The average molecular weight is 316 g/mol. The molecule has 1 heterocycles. The van der Waals surface area contributed by atoms with Crippen LogP contribution in [0, 0.1) is 11.7 Å². The molecule has 0 unspecified atom stereocenters. The minimum atomic E-state index is -3.43. The first-order valence-electron chi connectivity index (χ1n) is 7.00. The highest BCUT2D eigenvalue weighted by Crippen LogP contribution is 2.22. The summed E-state index contributed by atoms with van der Waals surface area (Å²) in [6, 6.07) is 6.19. The van der Waals surface area contributed by atoms with Gasteiger partial charge in [-0.25, -0.2) is 17.9 Å². The van der Waals surface area contributed by atoms with Gasteiger partial charge in [0.05, 0.1) is 11.9 Å². The predicted octanol–water partition coefficient (Wildman–Crippen LogP) is 0.860. The third-order valence-electron chi connectivity index (χ3n) is 3.87. The molecule has 5 nitrogen and oxygen atoms in total. The number of benzene rings is 1. The molecule has 1 aromatic carbocycles. The quantitative estimate of drug-likeness (QED) is 0.844. The maximum absolute atomic E-state index is 13.6. The van der Waals surface area contributed by atoms with Gasteiger partial charge in [-0.05, 0) is 37.9 Å². The zero-order valence-electron chi connectivity index (χ0n) is 11.8. The molecule has 1 aliphatic rings. The summed E-state index contributed by atoms with van der Waals surface area (Å²) >= 11 is 0. The molecule has 2 rings (SSSR count). The molecule has 0 amide bonds. The summed E-state index contributed by atoms with van der Waals surface area (Å²) in [6.45, 7) is 1.72. The zero-order chi connectivity index (χ0) is 15.5. The van der Waals surface area contributed by atoms with Crippen molar-refractivity contribution in [3.8, 4) is 0 Å². The summed E-state index contributed by atoms with van der Waals surface area (Å²) in [5, 5.41) is 15.2. The molecule has 7 heteroatoms. The topological polar surface area (TPSA) is 83.6 Å². The number of piperidine rings is 1. The molecule has 1 aliphatic heterocycles. The molecule has 0 spiro atoms. The van der Waals surface area contributed by atoms with Crippen molar-refractivity contribution >= 4 is 10.0 Å². The first-order chi connectivity index (χ1) is 9.85. The smallest absolute Gasteiger partial charge is 0.209 e. The molecule has 1 aromatic rings. The van der Waals surface area contributed by atoms with Gasteiger partial charge in [0.2, 0.25) is 10.0 Å². The Bertz CT molecular complexity index is 571. The van der Waals surface area contributed by atoms with Crippen LogP contribution in [0.25, 0.3) is 0 Å². The number of halogens is 1. The Balaban J connectivity index is 1.85. The summed E-state index contributed by atoms with van der Waals surface area (Å²) < 4.78 is 35.7. The summed E-state index contributed by atoms with van der Waals surface area (Å²) in [7, 11) is -3.43. The van der Waals surface area contributed by atoms with E-state index in [1.165, 1.54) is 6.07 Å². The van der Waals surface area contributed by atoms with E-state index < -0.39 is 21.9 Å². The number of aliphatic hydroxyl groups excluding tert-OH is 1.